The van der Waals surface area contributed by atoms with Gasteiger partial charge in [-0.15, -0.1) is 0 Å². The van der Waals surface area contributed by atoms with Gasteiger partial charge in [0.1, 0.15) is 23.3 Å². The molecule has 0 bridgehead atoms. The molecule has 12 nitrogen and oxygen atoms in total. The van der Waals surface area contributed by atoms with Gasteiger partial charge in [-0.05, 0) is 57.4 Å². The van der Waals surface area contributed by atoms with Gasteiger partial charge in [0.2, 0.25) is 5.95 Å². The SMILES string of the molecule is COCC(Oc1cnc(N2C[C@H](NC(=O)OC(C)(C)C)[C@@H](c3cc(F)ccc3F)C2)nc1)C1CCN(c2nc(C(C)C)no2)CC1. The molecule has 250 valence electrons. The number of halogens is 2. The van der Waals surface area contributed by atoms with E-state index < -0.39 is 35.3 Å². The van der Waals surface area contributed by atoms with Crippen LogP contribution in [0.1, 0.15) is 70.7 Å². The summed E-state index contributed by atoms with van der Waals surface area (Å²) < 4.78 is 51.7. The molecule has 2 aromatic heterocycles. The molecule has 2 aliphatic heterocycles. The number of benzene rings is 1. The number of nitrogens with one attached hydrogen (secondary N) is 1. The van der Waals surface area contributed by atoms with Crippen molar-refractivity contribution >= 4 is 18.1 Å². The number of hydrogen-bond acceptors (Lipinski definition) is 11. The van der Waals surface area contributed by atoms with Crippen LogP contribution in [0.25, 0.3) is 0 Å². The molecule has 0 spiro atoms. The van der Waals surface area contributed by atoms with Crippen molar-refractivity contribution in [3.8, 4) is 5.75 Å². The lowest BCUT2D eigenvalue weighted by Crippen LogP contribution is -2.43. The first-order chi connectivity index (χ1) is 21.9. The third kappa shape index (κ3) is 8.20. The van der Waals surface area contributed by atoms with Crippen LogP contribution in [-0.4, -0.2) is 83.8 Å². The second-order valence-corrected chi connectivity index (χ2v) is 13.2. The van der Waals surface area contributed by atoms with Crippen molar-refractivity contribution in [1.82, 2.24) is 25.4 Å². The third-order valence-electron chi connectivity index (χ3n) is 8.18. The van der Waals surface area contributed by atoms with Gasteiger partial charge in [-0.25, -0.2) is 23.5 Å². The molecule has 5 rings (SSSR count). The zero-order chi connectivity index (χ0) is 33.0. The second kappa shape index (κ2) is 14.1. The molecule has 3 atom stereocenters. The van der Waals surface area contributed by atoms with Crippen LogP contribution in [0.15, 0.2) is 35.1 Å². The zero-order valence-electron chi connectivity index (χ0n) is 27.2. The fourth-order valence-corrected chi connectivity index (χ4v) is 5.88. The topological polar surface area (TPSA) is 128 Å². The lowest BCUT2D eigenvalue weighted by Gasteiger charge is -2.34. The molecule has 2 aliphatic rings. The highest BCUT2D eigenvalue weighted by atomic mass is 19.1. The summed E-state index contributed by atoms with van der Waals surface area (Å²) in [5, 5.41) is 6.91. The van der Waals surface area contributed by atoms with Gasteiger partial charge in [0.25, 0.3) is 0 Å². The minimum Gasteiger partial charge on any atom is -0.484 e. The van der Waals surface area contributed by atoms with E-state index in [9.17, 15) is 13.6 Å². The van der Waals surface area contributed by atoms with E-state index in [0.29, 0.717) is 30.1 Å². The van der Waals surface area contributed by atoms with Crippen LogP contribution in [0.4, 0.5) is 25.5 Å². The molecule has 14 heteroatoms. The minimum atomic E-state index is -0.718. The number of carbonyl (C=O) groups excluding carboxylic acids is 1. The van der Waals surface area contributed by atoms with E-state index in [4.69, 9.17) is 18.7 Å². The van der Waals surface area contributed by atoms with Gasteiger partial charge in [-0.2, -0.15) is 4.98 Å². The van der Waals surface area contributed by atoms with E-state index in [2.05, 4.69) is 30.3 Å². The van der Waals surface area contributed by atoms with Crippen molar-refractivity contribution < 1.29 is 32.3 Å². The van der Waals surface area contributed by atoms with Gasteiger partial charge in [-0.3, -0.25) is 0 Å². The van der Waals surface area contributed by atoms with Crippen molar-refractivity contribution in [3.05, 3.63) is 53.6 Å². The van der Waals surface area contributed by atoms with Crippen LogP contribution in [0, 0.1) is 17.6 Å². The average molecular weight is 644 g/mol. The standard InChI is InChI=1S/C32H43F2N7O5/c1-19(2)28-38-30(46-39-28)40-11-9-20(10-12-40)27(18-43-6)44-22-14-35-29(36-15-22)41-16-24(23-13-21(33)7-8-25(23)34)26(17-41)37-31(42)45-32(3,4)5/h7-8,13-15,19-20,24,26-27H,9-12,16-18H2,1-6H3,(H,37,42)/t24-,26+,27?/m1/s1. The smallest absolute Gasteiger partial charge is 0.407 e. The number of alkyl carbamates (subject to hydrolysis) is 1. The minimum absolute atomic E-state index is 0.163. The third-order valence-corrected chi connectivity index (χ3v) is 8.18. The number of aromatic nitrogens is 4. The molecule has 1 amide bonds. The summed E-state index contributed by atoms with van der Waals surface area (Å²) in [4.78, 5) is 30.1. The first kappa shape index (κ1) is 33.3. The zero-order valence-corrected chi connectivity index (χ0v) is 27.2. The Morgan fingerprint density at radius 2 is 1.83 bits per heavy atom. The Kier molecular flexibility index (Phi) is 10.2. The van der Waals surface area contributed by atoms with Gasteiger partial charge < -0.3 is 33.9 Å². The summed E-state index contributed by atoms with van der Waals surface area (Å²) in [7, 11) is 1.64. The van der Waals surface area contributed by atoms with Crippen LogP contribution in [0.2, 0.25) is 0 Å². The fourth-order valence-electron chi connectivity index (χ4n) is 5.88. The molecular formula is C32H43F2N7O5. The van der Waals surface area contributed by atoms with E-state index >= 15 is 0 Å². The molecule has 0 radical (unpaired) electrons. The van der Waals surface area contributed by atoms with E-state index in [0.717, 1.165) is 44.1 Å². The molecule has 0 aliphatic carbocycles. The predicted octanol–water partition coefficient (Wildman–Crippen LogP) is 5.07. The van der Waals surface area contributed by atoms with Crippen LogP contribution in [0.5, 0.6) is 5.75 Å². The Hall–Kier alpha value is -4.07. The number of nitrogens with zero attached hydrogens (tertiary/aromatic N) is 6. The van der Waals surface area contributed by atoms with E-state index in [-0.39, 0.29) is 36.6 Å². The van der Waals surface area contributed by atoms with Crippen LogP contribution >= 0.6 is 0 Å². The van der Waals surface area contributed by atoms with E-state index in [1.807, 2.05) is 18.7 Å². The number of hydrogen-bond donors (Lipinski definition) is 1. The Bertz CT molecular complexity index is 1460. The summed E-state index contributed by atoms with van der Waals surface area (Å²) >= 11 is 0. The number of carbonyl (C=O) groups is 1. The van der Waals surface area contributed by atoms with Gasteiger partial charge in [0, 0.05) is 51.0 Å². The maximum atomic E-state index is 14.9. The summed E-state index contributed by atoms with van der Waals surface area (Å²) in [5.74, 6) is 0.300. The van der Waals surface area contributed by atoms with Crippen molar-refractivity contribution in [2.24, 2.45) is 5.92 Å². The molecular weight excluding hydrogens is 600 g/mol. The van der Waals surface area contributed by atoms with Gasteiger partial charge in [0.15, 0.2) is 11.6 Å². The molecule has 2 fully saturated rings. The number of ether oxygens (including phenoxy) is 3. The van der Waals surface area contributed by atoms with Crippen LogP contribution in [-0.2, 0) is 9.47 Å². The Balaban J connectivity index is 1.24. The average Bonchev–Trinajstić information content (AvgIpc) is 3.66. The van der Waals surface area contributed by atoms with E-state index in [1.54, 1.807) is 40.3 Å². The maximum Gasteiger partial charge on any atom is 0.407 e. The quantitative estimate of drug-likeness (QED) is 0.318. The molecule has 1 N–H and O–H groups in total. The Morgan fingerprint density at radius 1 is 1.11 bits per heavy atom. The fraction of sp³-hybridized carbons (Fsp3) is 0.594. The molecule has 46 heavy (non-hydrogen) atoms. The number of amides is 1. The van der Waals surface area contributed by atoms with Crippen molar-refractivity contribution in [1.29, 1.82) is 0 Å². The number of piperidine rings is 1. The number of rotatable bonds is 10. The molecule has 3 aromatic rings. The molecule has 4 heterocycles. The first-order valence-corrected chi connectivity index (χ1v) is 15.7. The molecule has 1 unspecified atom stereocenters. The summed E-state index contributed by atoms with van der Waals surface area (Å²) in [6.45, 7) is 11.8. The Morgan fingerprint density at radius 3 is 2.46 bits per heavy atom. The largest absolute Gasteiger partial charge is 0.484 e. The van der Waals surface area contributed by atoms with Crippen LogP contribution < -0.4 is 19.9 Å². The molecule has 1 aromatic carbocycles. The van der Waals surface area contributed by atoms with Crippen molar-refractivity contribution in [2.75, 3.05) is 49.7 Å². The Labute approximate surface area is 267 Å². The normalized spacial score (nSPS) is 19.8. The van der Waals surface area contributed by atoms with Crippen molar-refractivity contribution in [3.63, 3.8) is 0 Å². The second-order valence-electron chi connectivity index (χ2n) is 13.2. The predicted molar refractivity (Wildman–Crippen MR) is 166 cm³/mol. The summed E-state index contributed by atoms with van der Waals surface area (Å²) in [5.41, 5.74) is -0.555. The van der Waals surface area contributed by atoms with Crippen molar-refractivity contribution in [2.45, 2.75) is 77.0 Å². The monoisotopic (exact) mass is 643 g/mol. The summed E-state index contributed by atoms with van der Waals surface area (Å²) in [6.07, 6.45) is 4.04. The molecule has 2 saturated heterocycles. The molecule has 0 saturated carbocycles. The lowest BCUT2D eigenvalue weighted by atomic mass is 9.91. The van der Waals surface area contributed by atoms with Gasteiger partial charge in [-0.1, -0.05) is 19.0 Å². The van der Waals surface area contributed by atoms with Crippen LogP contribution in [0.3, 0.4) is 0 Å². The number of anilines is 2. The van der Waals surface area contributed by atoms with Gasteiger partial charge >= 0.3 is 12.1 Å². The maximum absolute atomic E-state index is 14.9. The summed E-state index contributed by atoms with van der Waals surface area (Å²) in [6, 6.07) is 3.29. The van der Waals surface area contributed by atoms with E-state index in [1.165, 1.54) is 0 Å². The highest BCUT2D eigenvalue weighted by Crippen LogP contribution is 2.33. The first-order valence-electron chi connectivity index (χ1n) is 15.7. The highest BCUT2D eigenvalue weighted by Gasteiger charge is 2.39. The number of methoxy groups -OCH3 is 1. The lowest BCUT2D eigenvalue weighted by molar-refractivity contribution is 0.0340. The highest BCUT2D eigenvalue weighted by molar-refractivity contribution is 5.68. The van der Waals surface area contributed by atoms with Gasteiger partial charge in [0.05, 0.1) is 25.0 Å².